The molecule has 0 amide bonds. The Morgan fingerprint density at radius 1 is 1.15 bits per heavy atom. The molecule has 0 radical (unpaired) electrons. The molecule has 184 valence electrons. The fourth-order valence-electron chi connectivity index (χ4n) is 5.59. The number of fused-ring (bicyclic) bond motifs is 1. The van der Waals surface area contributed by atoms with E-state index < -0.39 is 6.10 Å². The van der Waals surface area contributed by atoms with Gasteiger partial charge in [-0.3, -0.25) is 0 Å². The summed E-state index contributed by atoms with van der Waals surface area (Å²) in [5, 5.41) is 21.1. The second-order valence-electron chi connectivity index (χ2n) is 11.6. The Kier molecular flexibility index (Phi) is 9.38. The van der Waals surface area contributed by atoms with Crippen molar-refractivity contribution in [3.05, 3.63) is 59.2 Å². The smallest absolute Gasteiger partial charge is 0.0761 e. The number of aliphatic hydroxyl groups is 2. The number of hydrogen-bond acceptors (Lipinski definition) is 3. The molecule has 1 aromatic carbocycles. The van der Waals surface area contributed by atoms with Crippen molar-refractivity contribution in [1.29, 1.82) is 0 Å². The quantitative estimate of drug-likeness (QED) is 0.315. The summed E-state index contributed by atoms with van der Waals surface area (Å²) in [6.45, 7) is 10.1. The summed E-state index contributed by atoms with van der Waals surface area (Å²) in [6.07, 6.45) is 14.7. The van der Waals surface area contributed by atoms with E-state index in [1.807, 2.05) is 12.1 Å². The zero-order valence-electron chi connectivity index (χ0n) is 21.6. The Bertz CT molecular complexity index is 806. The summed E-state index contributed by atoms with van der Waals surface area (Å²) in [7, 11) is 2.23. The van der Waals surface area contributed by atoms with Crippen LogP contribution in [0.5, 0.6) is 0 Å². The molecule has 0 bridgehead atoms. The fraction of sp³-hybridized carbons (Fsp3) is 0.667. The van der Waals surface area contributed by atoms with Crippen molar-refractivity contribution < 1.29 is 10.2 Å². The van der Waals surface area contributed by atoms with Gasteiger partial charge in [-0.1, -0.05) is 66.5 Å². The highest BCUT2D eigenvalue weighted by atomic mass is 16.3. The molecule has 1 fully saturated rings. The minimum absolute atomic E-state index is 0.170. The molecule has 0 unspecified atom stereocenters. The first-order chi connectivity index (χ1) is 15.6. The third-order valence-electron chi connectivity index (χ3n) is 7.92. The van der Waals surface area contributed by atoms with Gasteiger partial charge in [-0.25, -0.2) is 0 Å². The normalized spacial score (nSPS) is 26.2. The molecule has 2 aliphatic rings. The van der Waals surface area contributed by atoms with Gasteiger partial charge in [-0.2, -0.15) is 0 Å². The Morgan fingerprint density at radius 3 is 2.64 bits per heavy atom. The van der Waals surface area contributed by atoms with Crippen LogP contribution in [0.3, 0.4) is 0 Å². The zero-order chi connectivity index (χ0) is 24.0. The van der Waals surface area contributed by atoms with Gasteiger partial charge < -0.3 is 15.1 Å². The van der Waals surface area contributed by atoms with Crippen molar-refractivity contribution in [2.24, 2.45) is 17.8 Å². The first-order valence-corrected chi connectivity index (χ1v) is 13.1. The van der Waals surface area contributed by atoms with Crippen LogP contribution >= 0.6 is 0 Å². The number of unbranched alkanes of at least 4 members (excludes halogenated alkanes) is 3. The van der Waals surface area contributed by atoms with Crippen LogP contribution in [0.15, 0.2) is 48.1 Å². The highest BCUT2D eigenvalue weighted by Gasteiger charge is 2.43. The number of rotatable bonds is 11. The molecule has 3 rings (SSSR count). The first kappa shape index (κ1) is 26.2. The third kappa shape index (κ3) is 7.80. The number of aryl methyl sites for hydroxylation is 1. The van der Waals surface area contributed by atoms with Crippen LogP contribution in [0.2, 0.25) is 0 Å². The maximum atomic E-state index is 10.6. The molecule has 0 heterocycles. The SMILES string of the molecule is Cc1cccc(C[C@@H](O)/C=C/[C@@H]2[C@H]3CC(CCCCCCN(C)C(C)(C)C)=C[C@H]3C[C@H]2O)c1. The van der Waals surface area contributed by atoms with Crippen molar-refractivity contribution in [3.63, 3.8) is 0 Å². The highest BCUT2D eigenvalue weighted by molar-refractivity contribution is 5.24. The minimum atomic E-state index is -0.496. The lowest BCUT2D eigenvalue weighted by molar-refractivity contribution is 0.140. The van der Waals surface area contributed by atoms with Crippen molar-refractivity contribution in [1.82, 2.24) is 4.90 Å². The molecule has 3 heteroatoms. The van der Waals surface area contributed by atoms with Crippen LogP contribution < -0.4 is 0 Å². The summed E-state index contributed by atoms with van der Waals surface area (Å²) in [4.78, 5) is 2.45. The largest absolute Gasteiger partial charge is 0.392 e. The van der Waals surface area contributed by atoms with Gasteiger partial charge in [0.2, 0.25) is 0 Å². The number of aliphatic hydroxyl groups excluding tert-OH is 2. The molecule has 1 saturated carbocycles. The lowest BCUT2D eigenvalue weighted by Crippen LogP contribution is -2.38. The zero-order valence-corrected chi connectivity index (χ0v) is 21.6. The minimum Gasteiger partial charge on any atom is -0.392 e. The molecule has 0 aliphatic heterocycles. The fourth-order valence-corrected chi connectivity index (χ4v) is 5.59. The van der Waals surface area contributed by atoms with Gasteiger partial charge in [0.1, 0.15) is 0 Å². The molecule has 3 nitrogen and oxygen atoms in total. The van der Waals surface area contributed by atoms with Crippen molar-refractivity contribution in [2.45, 2.75) is 96.8 Å². The first-order valence-electron chi connectivity index (χ1n) is 13.1. The van der Waals surface area contributed by atoms with E-state index in [1.165, 1.54) is 44.2 Å². The van der Waals surface area contributed by atoms with Gasteiger partial charge in [0.05, 0.1) is 12.2 Å². The van der Waals surface area contributed by atoms with Crippen LogP contribution in [-0.2, 0) is 6.42 Å². The van der Waals surface area contributed by atoms with E-state index in [-0.39, 0.29) is 17.6 Å². The second kappa shape index (κ2) is 11.8. The molecule has 2 N–H and O–H groups in total. The molecule has 1 aromatic rings. The van der Waals surface area contributed by atoms with E-state index in [4.69, 9.17) is 0 Å². The van der Waals surface area contributed by atoms with E-state index in [1.54, 1.807) is 5.57 Å². The molecule has 0 saturated heterocycles. The van der Waals surface area contributed by atoms with Crippen LogP contribution in [-0.4, -0.2) is 46.5 Å². The van der Waals surface area contributed by atoms with Crippen LogP contribution in [0.4, 0.5) is 0 Å². The van der Waals surface area contributed by atoms with Crippen molar-refractivity contribution >= 4 is 0 Å². The standard InChI is InChI=1S/C30H47NO2/c1-22-11-10-13-23(17-22)19-26(32)14-15-27-28-20-24(18-25(28)21-29(27)33)12-8-6-7-9-16-31(5)30(2,3)4/h10-11,13-15,17-18,25-29,32-33H,6-9,12,16,19-21H2,1-5H3/b15-14+/t25-,26-,27+,28-,29+/m0/s1. The predicted octanol–water partition coefficient (Wildman–Crippen LogP) is 6.08. The average molecular weight is 454 g/mol. The monoisotopic (exact) mass is 453 g/mol. The summed E-state index contributed by atoms with van der Waals surface area (Å²) < 4.78 is 0. The van der Waals surface area contributed by atoms with Crippen molar-refractivity contribution in [3.8, 4) is 0 Å². The molecule has 33 heavy (non-hydrogen) atoms. The predicted molar refractivity (Wildman–Crippen MR) is 139 cm³/mol. The van der Waals surface area contributed by atoms with E-state index >= 15 is 0 Å². The Hall–Kier alpha value is -1.42. The molecule has 0 aromatic heterocycles. The summed E-state index contributed by atoms with van der Waals surface area (Å²) in [5.74, 6) is 1.20. The lowest BCUT2D eigenvalue weighted by Gasteiger charge is -2.31. The van der Waals surface area contributed by atoms with Crippen molar-refractivity contribution in [2.75, 3.05) is 13.6 Å². The lowest BCUT2D eigenvalue weighted by atomic mass is 9.88. The summed E-state index contributed by atoms with van der Waals surface area (Å²) in [6, 6.07) is 8.33. The number of nitrogens with zero attached hydrogens (tertiary/aromatic N) is 1. The van der Waals surface area contributed by atoms with Gasteiger partial charge in [-0.05, 0) is 90.8 Å². The Balaban J connectivity index is 1.39. The summed E-state index contributed by atoms with van der Waals surface area (Å²) in [5.41, 5.74) is 4.24. The maximum absolute atomic E-state index is 10.6. The van der Waals surface area contributed by atoms with Gasteiger partial charge in [0.15, 0.2) is 0 Å². The summed E-state index contributed by atoms with van der Waals surface area (Å²) >= 11 is 0. The second-order valence-corrected chi connectivity index (χ2v) is 11.6. The van der Waals surface area contributed by atoms with Gasteiger partial charge in [0.25, 0.3) is 0 Å². The van der Waals surface area contributed by atoms with Crippen LogP contribution in [0.1, 0.15) is 76.8 Å². The highest BCUT2D eigenvalue weighted by Crippen LogP contribution is 2.48. The molecular formula is C30H47NO2. The van der Waals surface area contributed by atoms with Gasteiger partial charge in [-0.15, -0.1) is 0 Å². The number of benzene rings is 1. The maximum Gasteiger partial charge on any atom is 0.0761 e. The van der Waals surface area contributed by atoms with E-state index in [0.717, 1.165) is 18.4 Å². The molecule has 0 spiro atoms. The molecule has 2 aliphatic carbocycles. The Morgan fingerprint density at radius 2 is 1.91 bits per heavy atom. The number of hydrogen-bond donors (Lipinski definition) is 2. The Labute approximate surface area is 202 Å². The number of allylic oxidation sites excluding steroid dienone is 2. The molecular weight excluding hydrogens is 406 g/mol. The third-order valence-corrected chi connectivity index (χ3v) is 7.92. The van der Waals surface area contributed by atoms with Crippen LogP contribution in [0, 0.1) is 24.7 Å². The topological polar surface area (TPSA) is 43.7 Å². The van der Waals surface area contributed by atoms with E-state index in [9.17, 15) is 10.2 Å². The van der Waals surface area contributed by atoms with Gasteiger partial charge in [0, 0.05) is 17.9 Å². The van der Waals surface area contributed by atoms with E-state index in [0.29, 0.717) is 18.3 Å². The molecule has 5 atom stereocenters. The van der Waals surface area contributed by atoms with Gasteiger partial charge >= 0.3 is 0 Å². The average Bonchev–Trinajstić information content (AvgIpc) is 3.24. The van der Waals surface area contributed by atoms with E-state index in [2.05, 4.69) is 70.0 Å². The van der Waals surface area contributed by atoms with Crippen LogP contribution in [0.25, 0.3) is 0 Å².